The third-order valence-electron chi connectivity index (χ3n) is 2.17. The van der Waals surface area contributed by atoms with Crippen LogP contribution in [-0.2, 0) is 0 Å². The van der Waals surface area contributed by atoms with Gasteiger partial charge >= 0.3 is 0 Å². The van der Waals surface area contributed by atoms with Gasteiger partial charge in [-0.25, -0.2) is 4.39 Å². The van der Waals surface area contributed by atoms with Gasteiger partial charge in [-0.1, -0.05) is 12.1 Å². The van der Waals surface area contributed by atoms with E-state index >= 15 is 0 Å². The average Bonchev–Trinajstić information content (AvgIpc) is 2.17. The quantitative estimate of drug-likeness (QED) is 0.686. The van der Waals surface area contributed by atoms with Crippen molar-refractivity contribution in [3.8, 4) is 0 Å². The molecule has 0 spiro atoms. The third kappa shape index (κ3) is 1.99. The predicted molar refractivity (Wildman–Crippen MR) is 53.6 cm³/mol. The minimum absolute atomic E-state index is 0.0815. The molecule has 0 aliphatic rings. The summed E-state index contributed by atoms with van der Waals surface area (Å²) >= 11 is 0. The number of carbonyl (C=O) groups excluding carboxylic acids is 1. The molecule has 1 rings (SSSR count). The van der Waals surface area contributed by atoms with Crippen LogP contribution in [0.1, 0.15) is 22.0 Å². The summed E-state index contributed by atoms with van der Waals surface area (Å²) in [4.78, 5) is 12.3. The van der Waals surface area contributed by atoms with Crippen molar-refractivity contribution in [2.75, 3.05) is 14.1 Å². The zero-order valence-electron chi connectivity index (χ0n) is 8.33. The average molecular weight is 194 g/mol. The van der Waals surface area contributed by atoms with Gasteiger partial charge in [0.25, 0.3) is 0 Å². The molecule has 0 bridgehead atoms. The fourth-order valence-electron chi connectivity index (χ4n) is 1.19. The Labute approximate surface area is 83.3 Å². The molecule has 1 unspecified atom stereocenters. The summed E-state index contributed by atoms with van der Waals surface area (Å²) in [5.41, 5.74) is 0.526. The standard InChI is InChI=1S/C11H13FNO/c1-8(13(2)3)10-6-4-5-9(7-14)11(10)12/h4-8H,1H2,2-3H3. The Balaban J connectivity index is 3.15. The fraction of sp³-hybridized carbons (Fsp3) is 0.273. The van der Waals surface area contributed by atoms with Gasteiger partial charge in [0.2, 0.25) is 0 Å². The summed E-state index contributed by atoms with van der Waals surface area (Å²) in [6, 6.07) is 4.47. The van der Waals surface area contributed by atoms with E-state index in [0.29, 0.717) is 11.8 Å². The highest BCUT2D eigenvalue weighted by Gasteiger charge is 2.14. The minimum Gasteiger partial charge on any atom is -0.302 e. The van der Waals surface area contributed by atoms with E-state index in [1.807, 2.05) is 14.1 Å². The molecule has 1 atom stereocenters. The van der Waals surface area contributed by atoms with Gasteiger partial charge in [0.1, 0.15) is 5.82 Å². The van der Waals surface area contributed by atoms with E-state index in [1.54, 1.807) is 17.0 Å². The van der Waals surface area contributed by atoms with Crippen LogP contribution in [0.3, 0.4) is 0 Å². The highest BCUT2D eigenvalue weighted by atomic mass is 19.1. The molecule has 0 aliphatic carbocycles. The van der Waals surface area contributed by atoms with Crippen LogP contribution in [0.5, 0.6) is 0 Å². The number of rotatable bonds is 3. The van der Waals surface area contributed by atoms with Gasteiger partial charge in [0, 0.05) is 11.6 Å². The van der Waals surface area contributed by atoms with Crippen molar-refractivity contribution in [1.29, 1.82) is 0 Å². The van der Waals surface area contributed by atoms with Crippen LogP contribution in [0, 0.1) is 12.7 Å². The normalized spacial score (nSPS) is 12.9. The number of hydrogen-bond donors (Lipinski definition) is 0. The number of aldehydes is 1. The first-order valence-corrected chi connectivity index (χ1v) is 4.31. The van der Waals surface area contributed by atoms with E-state index in [9.17, 15) is 9.18 Å². The van der Waals surface area contributed by atoms with Gasteiger partial charge in [-0.15, -0.1) is 0 Å². The van der Waals surface area contributed by atoms with Crippen LogP contribution in [0.2, 0.25) is 0 Å². The zero-order chi connectivity index (χ0) is 10.7. The maximum Gasteiger partial charge on any atom is 0.153 e. The SMILES string of the molecule is [CH2]C(c1cccc(C=O)c1F)N(C)C. The highest BCUT2D eigenvalue weighted by Crippen LogP contribution is 2.21. The third-order valence-corrected chi connectivity index (χ3v) is 2.17. The first-order valence-electron chi connectivity index (χ1n) is 4.31. The second-order valence-electron chi connectivity index (χ2n) is 3.35. The smallest absolute Gasteiger partial charge is 0.153 e. The highest BCUT2D eigenvalue weighted by molar-refractivity contribution is 5.75. The van der Waals surface area contributed by atoms with Crippen molar-refractivity contribution in [1.82, 2.24) is 4.90 Å². The number of benzene rings is 1. The lowest BCUT2D eigenvalue weighted by atomic mass is 10.0. The van der Waals surface area contributed by atoms with Crippen molar-refractivity contribution in [3.05, 3.63) is 42.1 Å². The molecular weight excluding hydrogens is 181 g/mol. The van der Waals surface area contributed by atoms with Crippen molar-refractivity contribution >= 4 is 6.29 Å². The molecule has 14 heavy (non-hydrogen) atoms. The molecule has 0 aromatic heterocycles. The zero-order valence-corrected chi connectivity index (χ0v) is 8.33. The Kier molecular flexibility index (Phi) is 3.36. The van der Waals surface area contributed by atoms with Crippen molar-refractivity contribution in [2.24, 2.45) is 0 Å². The maximum atomic E-state index is 13.6. The van der Waals surface area contributed by atoms with Crippen LogP contribution < -0.4 is 0 Å². The Morgan fingerprint density at radius 2 is 2.14 bits per heavy atom. The molecule has 1 aromatic rings. The van der Waals surface area contributed by atoms with Crippen LogP contribution in [0.4, 0.5) is 4.39 Å². The predicted octanol–water partition coefficient (Wildman–Crippen LogP) is 2.07. The van der Waals surface area contributed by atoms with Crippen molar-refractivity contribution in [3.63, 3.8) is 0 Å². The molecular formula is C11H13FNO. The van der Waals surface area contributed by atoms with E-state index < -0.39 is 5.82 Å². The topological polar surface area (TPSA) is 20.3 Å². The van der Waals surface area contributed by atoms with Crippen LogP contribution in [0.15, 0.2) is 18.2 Å². The Hall–Kier alpha value is -1.22. The number of nitrogens with zero attached hydrogens (tertiary/aromatic N) is 1. The molecule has 75 valence electrons. The number of carbonyl (C=O) groups is 1. The largest absolute Gasteiger partial charge is 0.302 e. The molecule has 0 amide bonds. The molecule has 0 fully saturated rings. The molecule has 2 nitrogen and oxygen atoms in total. The van der Waals surface area contributed by atoms with Crippen LogP contribution >= 0.6 is 0 Å². The van der Waals surface area contributed by atoms with Gasteiger partial charge in [0.15, 0.2) is 6.29 Å². The van der Waals surface area contributed by atoms with E-state index in [2.05, 4.69) is 6.92 Å². The number of halogens is 1. The maximum absolute atomic E-state index is 13.6. The van der Waals surface area contributed by atoms with E-state index in [4.69, 9.17) is 0 Å². The molecule has 1 radical (unpaired) electrons. The first-order chi connectivity index (χ1) is 6.57. The fourth-order valence-corrected chi connectivity index (χ4v) is 1.19. The molecule has 0 saturated heterocycles. The second-order valence-corrected chi connectivity index (χ2v) is 3.35. The summed E-state index contributed by atoms with van der Waals surface area (Å²) < 4.78 is 13.6. The van der Waals surface area contributed by atoms with Gasteiger partial charge in [-0.3, -0.25) is 4.79 Å². The Morgan fingerprint density at radius 1 is 1.50 bits per heavy atom. The lowest BCUT2D eigenvalue weighted by molar-refractivity contribution is 0.111. The van der Waals surface area contributed by atoms with Gasteiger partial charge < -0.3 is 4.90 Å². The van der Waals surface area contributed by atoms with Crippen molar-refractivity contribution < 1.29 is 9.18 Å². The molecule has 1 aromatic carbocycles. The minimum atomic E-state index is -0.476. The summed E-state index contributed by atoms with van der Waals surface area (Å²) in [6.45, 7) is 3.81. The summed E-state index contributed by atoms with van der Waals surface area (Å²) in [6.07, 6.45) is 0.515. The van der Waals surface area contributed by atoms with Gasteiger partial charge in [-0.05, 0) is 27.1 Å². The van der Waals surface area contributed by atoms with Crippen LogP contribution in [-0.4, -0.2) is 25.3 Å². The monoisotopic (exact) mass is 194 g/mol. The lowest BCUT2D eigenvalue weighted by Crippen LogP contribution is -2.18. The molecule has 0 N–H and O–H groups in total. The molecule has 3 heteroatoms. The summed E-state index contributed by atoms with van der Waals surface area (Å²) in [5.74, 6) is -0.476. The molecule has 0 aliphatic heterocycles. The van der Waals surface area contributed by atoms with E-state index in [-0.39, 0.29) is 11.6 Å². The summed E-state index contributed by atoms with van der Waals surface area (Å²) in [7, 11) is 3.62. The van der Waals surface area contributed by atoms with E-state index in [0.717, 1.165) is 0 Å². The Bertz CT molecular complexity index is 336. The molecule has 0 saturated carbocycles. The number of hydrogen-bond acceptors (Lipinski definition) is 2. The van der Waals surface area contributed by atoms with Gasteiger partial charge in [-0.2, -0.15) is 0 Å². The second kappa shape index (κ2) is 4.33. The van der Waals surface area contributed by atoms with Crippen molar-refractivity contribution in [2.45, 2.75) is 6.04 Å². The Morgan fingerprint density at radius 3 is 2.64 bits per heavy atom. The van der Waals surface area contributed by atoms with Gasteiger partial charge in [0.05, 0.1) is 5.56 Å². The van der Waals surface area contributed by atoms with Crippen LogP contribution in [0.25, 0.3) is 0 Å². The molecule has 0 heterocycles. The first kappa shape index (κ1) is 10.9. The summed E-state index contributed by atoms with van der Waals surface area (Å²) in [5, 5.41) is 0. The van der Waals surface area contributed by atoms with E-state index in [1.165, 1.54) is 6.07 Å². The lowest BCUT2D eigenvalue weighted by Gasteiger charge is -2.20.